The van der Waals surface area contributed by atoms with Gasteiger partial charge in [-0.2, -0.15) is 0 Å². The summed E-state index contributed by atoms with van der Waals surface area (Å²) < 4.78 is 11.1. The third-order valence-corrected chi connectivity index (χ3v) is 7.40. The molecule has 1 aliphatic heterocycles. The molecule has 1 aliphatic carbocycles. The number of benzene rings is 1. The number of hydrogen-bond donors (Lipinski definition) is 3. The normalized spacial score (nSPS) is 15.4. The highest BCUT2D eigenvalue weighted by Gasteiger charge is 2.21. The fraction of sp³-hybridized carbons (Fsp3) is 0.481. The van der Waals surface area contributed by atoms with Crippen molar-refractivity contribution in [1.82, 2.24) is 14.9 Å². The van der Waals surface area contributed by atoms with Gasteiger partial charge in [-0.15, -0.1) is 11.3 Å². The summed E-state index contributed by atoms with van der Waals surface area (Å²) in [5, 5.41) is 12.2. The molecule has 0 saturated carbocycles. The smallest absolute Gasteiger partial charge is 0.209 e. The molecule has 0 radical (unpaired) electrons. The van der Waals surface area contributed by atoms with E-state index in [2.05, 4.69) is 36.1 Å². The SMILES string of the molecule is CC(C)(C)COc1cc(N)c(C=N)cc1Nc1ncnc2sc3c(c12)CCCC3.O=CN1CCOCC1. The molecule has 9 nitrogen and oxygen atoms in total. The van der Waals surface area contributed by atoms with E-state index in [4.69, 9.17) is 20.6 Å². The van der Waals surface area contributed by atoms with Crippen LogP contribution in [0.15, 0.2) is 18.5 Å². The number of morpholine rings is 1. The minimum atomic E-state index is 0.0147. The van der Waals surface area contributed by atoms with Crippen molar-refractivity contribution in [2.45, 2.75) is 46.5 Å². The maximum absolute atomic E-state index is 10.0. The fourth-order valence-corrected chi connectivity index (χ4v) is 5.47. The van der Waals surface area contributed by atoms with Crippen LogP contribution in [0.1, 0.15) is 49.6 Å². The first kappa shape index (κ1) is 26.8. The van der Waals surface area contributed by atoms with E-state index < -0.39 is 0 Å². The van der Waals surface area contributed by atoms with Crippen molar-refractivity contribution in [3.63, 3.8) is 0 Å². The van der Waals surface area contributed by atoms with Crippen LogP contribution in [0.3, 0.4) is 0 Å². The molecular weight excluding hydrogens is 488 g/mol. The molecule has 0 atom stereocenters. The average Bonchev–Trinajstić information content (AvgIpc) is 3.28. The molecule has 198 valence electrons. The third-order valence-electron chi connectivity index (χ3n) is 6.20. The molecule has 37 heavy (non-hydrogen) atoms. The molecule has 0 spiro atoms. The number of nitrogens with zero attached hydrogens (tertiary/aromatic N) is 3. The van der Waals surface area contributed by atoms with Gasteiger partial charge in [-0.1, -0.05) is 20.8 Å². The Hall–Kier alpha value is -3.24. The lowest BCUT2D eigenvalue weighted by Gasteiger charge is -2.21. The lowest BCUT2D eigenvalue weighted by Crippen LogP contribution is -2.34. The number of nitrogen functional groups attached to an aromatic ring is 1. The molecule has 1 aromatic carbocycles. The van der Waals surface area contributed by atoms with Crippen LogP contribution in [-0.4, -0.2) is 60.4 Å². The summed E-state index contributed by atoms with van der Waals surface area (Å²) in [6.45, 7) is 9.83. The second-order valence-corrected chi connectivity index (χ2v) is 11.5. The number of rotatable bonds is 6. The predicted octanol–water partition coefficient (Wildman–Crippen LogP) is 4.79. The van der Waals surface area contributed by atoms with E-state index in [1.54, 1.807) is 28.6 Å². The summed E-state index contributed by atoms with van der Waals surface area (Å²) in [7, 11) is 0. The van der Waals surface area contributed by atoms with Crippen LogP contribution >= 0.6 is 11.3 Å². The Morgan fingerprint density at radius 2 is 1.97 bits per heavy atom. The van der Waals surface area contributed by atoms with E-state index in [-0.39, 0.29) is 5.41 Å². The number of hydrogen-bond acceptors (Lipinski definition) is 9. The molecule has 10 heteroatoms. The molecule has 4 N–H and O–H groups in total. The van der Waals surface area contributed by atoms with Gasteiger partial charge < -0.3 is 30.8 Å². The fourth-order valence-electron chi connectivity index (χ4n) is 4.24. The number of nitrogens with two attached hydrogens (primary N) is 1. The monoisotopic (exact) mass is 524 g/mol. The Balaban J connectivity index is 0.000000342. The summed E-state index contributed by atoms with van der Waals surface area (Å²) in [5.74, 6) is 1.45. The van der Waals surface area contributed by atoms with Gasteiger partial charge in [0.15, 0.2) is 0 Å². The lowest BCUT2D eigenvalue weighted by atomic mass is 9.97. The van der Waals surface area contributed by atoms with E-state index in [0.717, 1.165) is 54.1 Å². The Morgan fingerprint density at radius 1 is 1.22 bits per heavy atom. The number of ether oxygens (including phenoxy) is 2. The molecule has 1 saturated heterocycles. The second kappa shape index (κ2) is 11.9. The number of thiophene rings is 1. The van der Waals surface area contributed by atoms with Crippen LogP contribution in [0.2, 0.25) is 0 Å². The standard InChI is InChI=1S/C22H27N5OS.C5H9NO2/c1-22(2,3)11-28-17-9-15(24)13(10-23)8-16(17)27-20-19-14-6-4-5-7-18(14)29-21(19)26-12-25-20;7-5-6-1-3-8-4-2-6/h8-10,12,23H,4-7,11,24H2,1-3H3,(H,25,26,27);5H,1-4H2. The number of anilines is 3. The van der Waals surface area contributed by atoms with E-state index in [1.807, 2.05) is 6.07 Å². The maximum Gasteiger partial charge on any atom is 0.209 e. The highest BCUT2D eigenvalue weighted by Crippen LogP contribution is 2.40. The van der Waals surface area contributed by atoms with Crippen LogP contribution < -0.4 is 15.8 Å². The van der Waals surface area contributed by atoms with Crippen molar-refractivity contribution in [3.8, 4) is 5.75 Å². The molecule has 2 aliphatic rings. The van der Waals surface area contributed by atoms with Gasteiger partial charge in [-0.25, -0.2) is 9.97 Å². The van der Waals surface area contributed by atoms with Crippen LogP contribution in [0.25, 0.3) is 10.2 Å². The number of carbonyl (C=O) groups excluding carboxylic acids is 1. The molecule has 0 bridgehead atoms. The van der Waals surface area contributed by atoms with Crippen molar-refractivity contribution < 1.29 is 14.3 Å². The van der Waals surface area contributed by atoms with Crippen molar-refractivity contribution in [1.29, 1.82) is 5.41 Å². The minimum absolute atomic E-state index is 0.0147. The van der Waals surface area contributed by atoms with Crippen molar-refractivity contribution in [2.24, 2.45) is 5.41 Å². The van der Waals surface area contributed by atoms with E-state index in [0.29, 0.717) is 36.8 Å². The van der Waals surface area contributed by atoms with Gasteiger partial charge in [0.25, 0.3) is 0 Å². The van der Waals surface area contributed by atoms with Crippen LogP contribution in [-0.2, 0) is 22.4 Å². The third kappa shape index (κ3) is 6.75. The van der Waals surface area contributed by atoms with Gasteiger partial charge >= 0.3 is 0 Å². The number of carbonyl (C=O) groups is 1. The number of aryl methyl sites for hydroxylation is 2. The van der Waals surface area contributed by atoms with Gasteiger partial charge in [-0.05, 0) is 42.7 Å². The summed E-state index contributed by atoms with van der Waals surface area (Å²) in [5.41, 5.74) is 9.44. The van der Waals surface area contributed by atoms with Gasteiger partial charge in [0.1, 0.15) is 22.7 Å². The molecule has 1 amide bonds. The van der Waals surface area contributed by atoms with E-state index in [1.165, 1.54) is 29.5 Å². The van der Waals surface area contributed by atoms with Gasteiger partial charge in [-0.3, -0.25) is 4.79 Å². The van der Waals surface area contributed by atoms with Crippen molar-refractivity contribution in [3.05, 3.63) is 34.5 Å². The Labute approximate surface area is 221 Å². The van der Waals surface area contributed by atoms with Crippen LogP contribution in [0.5, 0.6) is 5.75 Å². The quantitative estimate of drug-likeness (QED) is 0.240. The summed E-state index contributed by atoms with van der Waals surface area (Å²) in [4.78, 5) is 23.3. The van der Waals surface area contributed by atoms with Crippen LogP contribution in [0.4, 0.5) is 17.2 Å². The zero-order chi connectivity index (χ0) is 26.4. The van der Waals surface area contributed by atoms with Crippen molar-refractivity contribution in [2.75, 3.05) is 44.0 Å². The molecule has 3 aromatic rings. The Morgan fingerprint density at radius 3 is 2.65 bits per heavy atom. The van der Waals surface area contributed by atoms with Crippen LogP contribution in [0, 0.1) is 10.8 Å². The molecule has 2 aromatic heterocycles. The summed E-state index contributed by atoms with van der Waals surface area (Å²) in [6, 6.07) is 3.64. The molecule has 3 heterocycles. The van der Waals surface area contributed by atoms with Crippen molar-refractivity contribution >= 4 is 51.4 Å². The lowest BCUT2D eigenvalue weighted by molar-refractivity contribution is -0.121. The van der Waals surface area contributed by atoms with Gasteiger partial charge in [0.2, 0.25) is 6.41 Å². The Bertz CT molecular complexity index is 1250. The molecule has 0 unspecified atom stereocenters. The van der Waals surface area contributed by atoms with E-state index >= 15 is 0 Å². The maximum atomic E-state index is 10.0. The number of fused-ring (bicyclic) bond motifs is 3. The largest absolute Gasteiger partial charge is 0.491 e. The zero-order valence-corrected chi connectivity index (χ0v) is 22.6. The second-order valence-electron chi connectivity index (χ2n) is 10.5. The number of aromatic nitrogens is 2. The van der Waals surface area contributed by atoms with Gasteiger partial charge in [0, 0.05) is 41.5 Å². The first-order valence-corrected chi connectivity index (χ1v) is 13.5. The van der Waals surface area contributed by atoms with Gasteiger partial charge in [0.05, 0.1) is 30.9 Å². The predicted molar refractivity (Wildman–Crippen MR) is 149 cm³/mol. The first-order valence-electron chi connectivity index (χ1n) is 12.6. The molecular formula is C27H36N6O3S. The molecule has 5 rings (SSSR count). The minimum Gasteiger partial charge on any atom is -0.491 e. The summed E-state index contributed by atoms with van der Waals surface area (Å²) in [6.07, 6.45) is 8.36. The Kier molecular flexibility index (Phi) is 8.60. The number of amides is 1. The molecule has 1 fully saturated rings. The highest BCUT2D eigenvalue weighted by molar-refractivity contribution is 7.19. The number of nitrogens with one attached hydrogen (secondary N) is 2. The summed E-state index contributed by atoms with van der Waals surface area (Å²) >= 11 is 1.77. The zero-order valence-electron chi connectivity index (χ0n) is 21.8. The highest BCUT2D eigenvalue weighted by atomic mass is 32.1. The first-order chi connectivity index (χ1) is 17.8. The topological polar surface area (TPSA) is 126 Å². The average molecular weight is 525 g/mol. The van der Waals surface area contributed by atoms with E-state index in [9.17, 15) is 4.79 Å².